The molecule has 18 heavy (non-hydrogen) atoms. The third-order valence-electron chi connectivity index (χ3n) is 2.77. The van der Waals surface area contributed by atoms with E-state index in [9.17, 15) is 18.0 Å². The molecule has 0 radical (unpaired) electrons. The standard InChI is InChI=1S/C12H10F3NO2/c1-2-6-3-4-8-7(5-6)9(11(17)18)10(16-8)12(13,14)15/h3-5,16H,2H2,1H3,(H,17,18). The van der Waals surface area contributed by atoms with Crippen LogP contribution < -0.4 is 0 Å². The summed E-state index contributed by atoms with van der Waals surface area (Å²) in [5, 5.41) is 9.05. The number of nitrogens with one attached hydrogen (secondary N) is 1. The molecule has 0 aliphatic heterocycles. The average molecular weight is 257 g/mol. The molecule has 2 N–H and O–H groups in total. The summed E-state index contributed by atoms with van der Waals surface area (Å²) in [5.41, 5.74) is -0.958. The van der Waals surface area contributed by atoms with E-state index in [1.54, 1.807) is 6.07 Å². The van der Waals surface area contributed by atoms with Crippen LogP contribution in [0, 0.1) is 0 Å². The number of aromatic carboxylic acids is 1. The van der Waals surface area contributed by atoms with Crippen LogP contribution in [0.2, 0.25) is 0 Å². The molecule has 0 aliphatic rings. The van der Waals surface area contributed by atoms with E-state index >= 15 is 0 Å². The van der Waals surface area contributed by atoms with Gasteiger partial charge in [0.2, 0.25) is 0 Å². The van der Waals surface area contributed by atoms with Gasteiger partial charge in [-0.2, -0.15) is 13.2 Å². The molecule has 6 heteroatoms. The molecule has 0 spiro atoms. The molecule has 0 saturated carbocycles. The van der Waals surface area contributed by atoms with Gasteiger partial charge in [0, 0.05) is 10.9 Å². The van der Waals surface area contributed by atoms with E-state index in [0.29, 0.717) is 6.42 Å². The van der Waals surface area contributed by atoms with Crippen LogP contribution >= 0.6 is 0 Å². The number of aromatic amines is 1. The SMILES string of the molecule is CCc1ccc2[nH]c(C(F)(F)F)c(C(=O)O)c2c1. The van der Waals surface area contributed by atoms with Gasteiger partial charge < -0.3 is 10.1 Å². The fourth-order valence-corrected chi connectivity index (χ4v) is 1.89. The molecule has 0 aliphatic carbocycles. The molecular formula is C12H10F3NO2. The Bertz CT molecular complexity index is 614. The highest BCUT2D eigenvalue weighted by molar-refractivity contribution is 6.05. The predicted octanol–water partition coefficient (Wildman–Crippen LogP) is 3.45. The lowest BCUT2D eigenvalue weighted by molar-refractivity contribution is -0.141. The Balaban J connectivity index is 2.81. The Labute approximate surface area is 100 Å². The van der Waals surface area contributed by atoms with Gasteiger partial charge in [0.05, 0.1) is 5.56 Å². The lowest BCUT2D eigenvalue weighted by Gasteiger charge is -2.04. The Morgan fingerprint density at radius 1 is 1.39 bits per heavy atom. The molecule has 1 aromatic heterocycles. The van der Waals surface area contributed by atoms with Crippen molar-refractivity contribution in [3.05, 3.63) is 35.0 Å². The molecule has 0 unspecified atom stereocenters. The van der Waals surface area contributed by atoms with Crippen molar-refractivity contribution in [2.75, 3.05) is 0 Å². The summed E-state index contributed by atoms with van der Waals surface area (Å²) in [7, 11) is 0. The van der Waals surface area contributed by atoms with Crippen molar-refractivity contribution in [2.45, 2.75) is 19.5 Å². The summed E-state index contributed by atoms with van der Waals surface area (Å²) in [5.74, 6) is -1.58. The molecule has 2 aromatic rings. The zero-order valence-electron chi connectivity index (χ0n) is 9.43. The van der Waals surface area contributed by atoms with Crippen LogP contribution in [0.15, 0.2) is 18.2 Å². The van der Waals surface area contributed by atoms with Crippen LogP contribution in [0.4, 0.5) is 13.2 Å². The smallest absolute Gasteiger partial charge is 0.432 e. The molecule has 2 rings (SSSR count). The monoisotopic (exact) mass is 257 g/mol. The first kappa shape index (κ1) is 12.5. The molecule has 3 nitrogen and oxygen atoms in total. The topological polar surface area (TPSA) is 53.1 Å². The van der Waals surface area contributed by atoms with Gasteiger partial charge >= 0.3 is 12.1 Å². The zero-order chi connectivity index (χ0) is 13.5. The summed E-state index contributed by atoms with van der Waals surface area (Å²) in [6, 6.07) is 4.62. The van der Waals surface area contributed by atoms with Crippen LogP contribution in [-0.2, 0) is 12.6 Å². The van der Waals surface area contributed by atoms with Crippen molar-refractivity contribution in [3.63, 3.8) is 0 Å². The number of halogens is 3. The average Bonchev–Trinajstić information content (AvgIpc) is 2.66. The van der Waals surface area contributed by atoms with Gasteiger partial charge in [-0.05, 0) is 24.1 Å². The fourth-order valence-electron chi connectivity index (χ4n) is 1.89. The second-order valence-corrected chi connectivity index (χ2v) is 3.91. The largest absolute Gasteiger partial charge is 0.478 e. The van der Waals surface area contributed by atoms with Gasteiger partial charge in [-0.25, -0.2) is 4.79 Å². The predicted molar refractivity (Wildman–Crippen MR) is 59.6 cm³/mol. The van der Waals surface area contributed by atoms with Crippen molar-refractivity contribution in [2.24, 2.45) is 0 Å². The van der Waals surface area contributed by atoms with Crippen molar-refractivity contribution < 1.29 is 23.1 Å². The summed E-state index contributed by atoms with van der Waals surface area (Å²) in [6.07, 6.45) is -4.08. The number of carboxylic acids is 1. The number of alkyl halides is 3. The van der Waals surface area contributed by atoms with Crippen molar-refractivity contribution in [3.8, 4) is 0 Å². The second-order valence-electron chi connectivity index (χ2n) is 3.91. The normalized spacial score (nSPS) is 12.0. The maximum absolute atomic E-state index is 12.7. The number of benzene rings is 1. The van der Waals surface area contributed by atoms with Crippen molar-refractivity contribution in [1.82, 2.24) is 4.98 Å². The molecule has 0 fully saturated rings. The molecule has 0 atom stereocenters. The number of carbonyl (C=O) groups is 1. The maximum atomic E-state index is 12.7. The number of aryl methyl sites for hydroxylation is 1. The second kappa shape index (κ2) is 4.04. The zero-order valence-corrected chi connectivity index (χ0v) is 9.43. The van der Waals surface area contributed by atoms with Crippen LogP contribution in [0.1, 0.15) is 28.5 Å². The number of carboxylic acid groups (broad SMARTS) is 1. The first-order chi connectivity index (χ1) is 8.34. The molecule has 1 aromatic carbocycles. The number of H-pyrrole nitrogens is 1. The Hall–Kier alpha value is -1.98. The summed E-state index contributed by atoms with van der Waals surface area (Å²) < 4.78 is 38.2. The van der Waals surface area contributed by atoms with Gasteiger partial charge in [-0.3, -0.25) is 0 Å². The number of hydrogen-bond acceptors (Lipinski definition) is 1. The Morgan fingerprint density at radius 3 is 2.56 bits per heavy atom. The Kier molecular flexibility index (Phi) is 2.80. The highest BCUT2D eigenvalue weighted by Gasteiger charge is 2.38. The van der Waals surface area contributed by atoms with Gasteiger partial charge in [-0.15, -0.1) is 0 Å². The third-order valence-corrected chi connectivity index (χ3v) is 2.77. The minimum atomic E-state index is -4.71. The van der Waals surface area contributed by atoms with Crippen LogP contribution in [-0.4, -0.2) is 16.1 Å². The van der Waals surface area contributed by atoms with Gasteiger partial charge in [0.15, 0.2) is 0 Å². The summed E-state index contributed by atoms with van der Waals surface area (Å²) >= 11 is 0. The van der Waals surface area contributed by atoms with E-state index in [4.69, 9.17) is 5.11 Å². The van der Waals surface area contributed by atoms with Gasteiger partial charge in [0.1, 0.15) is 5.69 Å². The minimum absolute atomic E-state index is 0.0918. The van der Waals surface area contributed by atoms with E-state index in [0.717, 1.165) is 5.56 Å². The minimum Gasteiger partial charge on any atom is -0.478 e. The molecule has 0 saturated heterocycles. The fraction of sp³-hybridized carbons (Fsp3) is 0.250. The van der Waals surface area contributed by atoms with Crippen LogP contribution in [0.5, 0.6) is 0 Å². The van der Waals surface area contributed by atoms with Crippen LogP contribution in [0.25, 0.3) is 10.9 Å². The molecule has 0 bridgehead atoms. The lowest BCUT2D eigenvalue weighted by Crippen LogP contribution is -2.11. The summed E-state index contributed by atoms with van der Waals surface area (Å²) in [6.45, 7) is 1.85. The highest BCUT2D eigenvalue weighted by Crippen LogP contribution is 2.35. The molecule has 96 valence electrons. The van der Waals surface area contributed by atoms with Gasteiger partial charge in [-0.1, -0.05) is 13.0 Å². The maximum Gasteiger partial charge on any atom is 0.432 e. The van der Waals surface area contributed by atoms with Crippen molar-refractivity contribution in [1.29, 1.82) is 0 Å². The highest BCUT2D eigenvalue weighted by atomic mass is 19.4. The van der Waals surface area contributed by atoms with E-state index in [-0.39, 0.29) is 10.9 Å². The number of fused-ring (bicyclic) bond motifs is 1. The Morgan fingerprint density at radius 2 is 2.06 bits per heavy atom. The van der Waals surface area contributed by atoms with E-state index in [2.05, 4.69) is 4.98 Å². The number of hydrogen-bond donors (Lipinski definition) is 2. The van der Waals surface area contributed by atoms with E-state index < -0.39 is 23.4 Å². The third kappa shape index (κ3) is 1.94. The van der Waals surface area contributed by atoms with E-state index in [1.165, 1.54) is 12.1 Å². The summed E-state index contributed by atoms with van der Waals surface area (Å²) in [4.78, 5) is 13.2. The molecule has 0 amide bonds. The first-order valence-corrected chi connectivity index (χ1v) is 5.29. The first-order valence-electron chi connectivity index (χ1n) is 5.29. The number of aromatic nitrogens is 1. The van der Waals surface area contributed by atoms with Crippen molar-refractivity contribution >= 4 is 16.9 Å². The van der Waals surface area contributed by atoms with Gasteiger partial charge in [0.25, 0.3) is 0 Å². The van der Waals surface area contributed by atoms with Crippen LogP contribution in [0.3, 0.4) is 0 Å². The quantitative estimate of drug-likeness (QED) is 0.865. The number of rotatable bonds is 2. The lowest BCUT2D eigenvalue weighted by atomic mass is 10.1. The molecular weight excluding hydrogens is 247 g/mol. The van der Waals surface area contributed by atoms with E-state index in [1.807, 2.05) is 6.92 Å². The molecule has 1 heterocycles.